The van der Waals surface area contributed by atoms with E-state index in [1.54, 1.807) is 31.2 Å². The predicted molar refractivity (Wildman–Crippen MR) is 126 cm³/mol. The van der Waals surface area contributed by atoms with Crippen LogP contribution in [-0.4, -0.2) is 19.1 Å². The average molecular weight is 437 g/mol. The number of nitrogens with zero attached hydrogens (tertiary/aromatic N) is 3. The van der Waals surface area contributed by atoms with Gasteiger partial charge in [-0.3, -0.25) is 4.90 Å². The Balaban J connectivity index is 1.75. The van der Waals surface area contributed by atoms with Gasteiger partial charge in [-0.15, -0.1) is 0 Å². The molecule has 2 aromatic carbocycles. The molecule has 0 aliphatic carbocycles. The van der Waals surface area contributed by atoms with Crippen molar-refractivity contribution in [1.29, 1.82) is 0 Å². The zero-order valence-electron chi connectivity index (χ0n) is 17.5. The molecule has 1 aliphatic heterocycles. The van der Waals surface area contributed by atoms with E-state index >= 15 is 0 Å². The van der Waals surface area contributed by atoms with Crippen LogP contribution in [0.2, 0.25) is 0 Å². The van der Waals surface area contributed by atoms with Crippen molar-refractivity contribution in [2.45, 2.75) is 6.92 Å². The van der Waals surface area contributed by atoms with Crippen LogP contribution < -0.4 is 15.1 Å². The summed E-state index contributed by atoms with van der Waals surface area (Å²) in [5.74, 6) is -0.604. The molecule has 0 saturated heterocycles. The van der Waals surface area contributed by atoms with Gasteiger partial charge in [0.25, 0.3) is 0 Å². The lowest BCUT2D eigenvalue weighted by Gasteiger charge is -2.31. The van der Waals surface area contributed by atoms with Crippen molar-refractivity contribution in [2.24, 2.45) is 0 Å². The SMILES string of the molecule is C=C(Nc1ccc(C)c(F)c1)C1=Cc2nc(N(C)C)sc2N(c2ccc(F)cc2)C1=C. The van der Waals surface area contributed by atoms with E-state index in [0.29, 0.717) is 22.6 Å². The molecule has 0 spiro atoms. The molecule has 0 amide bonds. The molecule has 0 bridgehead atoms. The Morgan fingerprint density at radius 1 is 1.13 bits per heavy atom. The lowest BCUT2D eigenvalue weighted by Crippen LogP contribution is -2.22. The first-order chi connectivity index (χ1) is 14.7. The van der Waals surface area contributed by atoms with E-state index < -0.39 is 0 Å². The molecule has 1 aromatic heterocycles. The Bertz CT molecular complexity index is 1210. The number of anilines is 4. The minimum atomic E-state index is -0.312. The van der Waals surface area contributed by atoms with Crippen molar-refractivity contribution in [1.82, 2.24) is 4.98 Å². The Morgan fingerprint density at radius 3 is 2.48 bits per heavy atom. The highest BCUT2D eigenvalue weighted by Crippen LogP contribution is 2.46. The van der Waals surface area contributed by atoms with E-state index in [0.717, 1.165) is 27.1 Å². The third-order valence-corrected chi connectivity index (χ3v) is 6.17. The van der Waals surface area contributed by atoms with E-state index in [2.05, 4.69) is 18.5 Å². The Kier molecular flexibility index (Phi) is 5.37. The third kappa shape index (κ3) is 3.96. The van der Waals surface area contributed by atoms with Crippen molar-refractivity contribution < 1.29 is 8.78 Å². The van der Waals surface area contributed by atoms with Gasteiger partial charge in [-0.05, 0) is 55.0 Å². The monoisotopic (exact) mass is 436 g/mol. The van der Waals surface area contributed by atoms with Gasteiger partial charge in [0.15, 0.2) is 5.13 Å². The number of hydrogen-bond acceptors (Lipinski definition) is 5. The summed E-state index contributed by atoms with van der Waals surface area (Å²) in [7, 11) is 3.86. The predicted octanol–water partition coefficient (Wildman–Crippen LogP) is 6.47. The number of thiazole rings is 1. The van der Waals surface area contributed by atoms with E-state index in [1.807, 2.05) is 30.0 Å². The number of fused-ring (bicyclic) bond motifs is 1. The first-order valence-corrected chi connectivity index (χ1v) is 10.4. The fourth-order valence-corrected chi connectivity index (χ4v) is 4.27. The molecule has 31 heavy (non-hydrogen) atoms. The standard InChI is InChI=1S/C24H22F2N4S/c1-14-6-9-18(12-21(14)26)27-15(2)20-13-22-23(31-24(28-22)29(4)5)30(16(20)3)19-10-7-17(25)8-11-19/h6-13,27H,2-3H2,1,4-5H3. The number of aromatic nitrogens is 1. The lowest BCUT2D eigenvalue weighted by molar-refractivity contribution is 0.619. The van der Waals surface area contributed by atoms with Crippen LogP contribution in [0.15, 0.2) is 72.6 Å². The topological polar surface area (TPSA) is 31.4 Å². The number of benzene rings is 2. The largest absolute Gasteiger partial charge is 0.355 e. The summed E-state index contributed by atoms with van der Waals surface area (Å²) in [5.41, 5.74) is 4.65. The number of nitrogens with one attached hydrogen (secondary N) is 1. The van der Waals surface area contributed by atoms with Gasteiger partial charge in [0.1, 0.15) is 22.3 Å². The highest BCUT2D eigenvalue weighted by atomic mass is 32.1. The summed E-state index contributed by atoms with van der Waals surface area (Å²) in [5, 5.41) is 4.89. The van der Waals surface area contributed by atoms with Crippen LogP contribution >= 0.6 is 11.3 Å². The van der Waals surface area contributed by atoms with Gasteiger partial charge >= 0.3 is 0 Å². The number of halogens is 2. The molecule has 7 heteroatoms. The molecule has 158 valence electrons. The maximum absolute atomic E-state index is 14.0. The molecule has 1 N–H and O–H groups in total. The molecule has 0 saturated carbocycles. The average Bonchev–Trinajstić information content (AvgIpc) is 3.15. The maximum Gasteiger partial charge on any atom is 0.187 e. The van der Waals surface area contributed by atoms with E-state index in [-0.39, 0.29) is 11.6 Å². The Labute approximate surface area is 184 Å². The summed E-state index contributed by atoms with van der Waals surface area (Å²) in [6, 6.07) is 11.2. The van der Waals surface area contributed by atoms with Crippen LogP contribution in [-0.2, 0) is 0 Å². The molecule has 0 atom stereocenters. The van der Waals surface area contributed by atoms with Crippen LogP contribution in [0.1, 0.15) is 11.3 Å². The lowest BCUT2D eigenvalue weighted by atomic mass is 10.0. The minimum absolute atomic E-state index is 0.292. The second kappa shape index (κ2) is 8.00. The Hall–Kier alpha value is -3.45. The number of rotatable bonds is 5. The van der Waals surface area contributed by atoms with Crippen LogP contribution in [0.5, 0.6) is 0 Å². The van der Waals surface area contributed by atoms with E-state index in [9.17, 15) is 8.78 Å². The van der Waals surface area contributed by atoms with Crippen LogP contribution in [0.25, 0.3) is 6.08 Å². The quantitative estimate of drug-likeness (QED) is 0.497. The van der Waals surface area contributed by atoms with Crippen molar-refractivity contribution in [3.8, 4) is 0 Å². The van der Waals surface area contributed by atoms with Gasteiger partial charge in [0.2, 0.25) is 0 Å². The molecule has 1 aliphatic rings. The normalized spacial score (nSPS) is 13.0. The molecule has 3 aromatic rings. The zero-order chi connectivity index (χ0) is 22.3. The highest BCUT2D eigenvalue weighted by molar-refractivity contribution is 7.20. The van der Waals surface area contributed by atoms with E-state index in [1.165, 1.54) is 29.5 Å². The number of aryl methyl sites for hydroxylation is 1. The molecule has 0 fully saturated rings. The zero-order valence-corrected chi connectivity index (χ0v) is 18.4. The van der Waals surface area contributed by atoms with Crippen molar-refractivity contribution in [2.75, 3.05) is 29.2 Å². The molecule has 4 rings (SSSR count). The van der Waals surface area contributed by atoms with Crippen molar-refractivity contribution >= 4 is 38.9 Å². The van der Waals surface area contributed by atoms with Crippen LogP contribution in [0.3, 0.4) is 0 Å². The molecule has 0 unspecified atom stereocenters. The second-order valence-corrected chi connectivity index (χ2v) is 8.42. The van der Waals surface area contributed by atoms with Gasteiger partial charge in [0, 0.05) is 42.4 Å². The summed E-state index contributed by atoms with van der Waals surface area (Å²) in [6.07, 6.45) is 1.92. The smallest absolute Gasteiger partial charge is 0.187 e. The van der Waals surface area contributed by atoms with Crippen LogP contribution in [0, 0.1) is 18.6 Å². The fraction of sp³-hybridized carbons (Fsp3) is 0.125. The van der Waals surface area contributed by atoms with Crippen molar-refractivity contribution in [3.05, 3.63) is 95.5 Å². The van der Waals surface area contributed by atoms with Crippen molar-refractivity contribution in [3.63, 3.8) is 0 Å². The summed E-state index contributed by atoms with van der Waals surface area (Å²) in [4.78, 5) is 8.60. The first-order valence-electron chi connectivity index (χ1n) is 9.62. The molecule has 2 heterocycles. The van der Waals surface area contributed by atoms with Gasteiger partial charge < -0.3 is 10.2 Å². The van der Waals surface area contributed by atoms with Gasteiger partial charge in [0.05, 0.1) is 0 Å². The van der Waals surface area contributed by atoms with E-state index in [4.69, 9.17) is 4.98 Å². The third-order valence-electron chi connectivity index (χ3n) is 4.95. The van der Waals surface area contributed by atoms with Crippen LogP contribution in [0.4, 0.5) is 30.3 Å². The highest BCUT2D eigenvalue weighted by Gasteiger charge is 2.29. The second-order valence-electron chi connectivity index (χ2n) is 7.47. The summed E-state index contributed by atoms with van der Waals surface area (Å²) < 4.78 is 27.5. The Morgan fingerprint density at radius 2 is 1.84 bits per heavy atom. The number of hydrogen-bond donors (Lipinski definition) is 1. The first kappa shape index (κ1) is 20.8. The fourth-order valence-electron chi connectivity index (χ4n) is 3.26. The van der Waals surface area contributed by atoms with Gasteiger partial charge in [-0.2, -0.15) is 0 Å². The molecular formula is C24H22F2N4S. The van der Waals surface area contributed by atoms with Gasteiger partial charge in [-0.1, -0.05) is 30.6 Å². The molecule has 4 nitrogen and oxygen atoms in total. The molecule has 0 radical (unpaired) electrons. The maximum atomic E-state index is 14.0. The molecular weight excluding hydrogens is 414 g/mol. The van der Waals surface area contributed by atoms with Gasteiger partial charge in [-0.25, -0.2) is 13.8 Å². The minimum Gasteiger partial charge on any atom is -0.355 e. The summed E-state index contributed by atoms with van der Waals surface area (Å²) in [6.45, 7) is 10.1. The summed E-state index contributed by atoms with van der Waals surface area (Å²) >= 11 is 1.52.